The minimum Gasteiger partial charge on any atom is -0.373 e. The van der Waals surface area contributed by atoms with Gasteiger partial charge in [-0.25, -0.2) is 9.97 Å². The van der Waals surface area contributed by atoms with Gasteiger partial charge in [0.05, 0.1) is 10.2 Å². The average molecular weight is 308 g/mol. The van der Waals surface area contributed by atoms with Crippen molar-refractivity contribution in [2.45, 2.75) is 39.7 Å². The molecule has 5 heteroatoms. The molecule has 0 atom stereocenters. The van der Waals surface area contributed by atoms with Gasteiger partial charge in [-0.3, -0.25) is 0 Å². The van der Waals surface area contributed by atoms with Crippen molar-refractivity contribution >= 4 is 27.5 Å². The van der Waals surface area contributed by atoms with Crippen LogP contribution in [-0.2, 0) is 17.8 Å². The second-order valence-electron chi connectivity index (χ2n) is 3.49. The van der Waals surface area contributed by atoms with Gasteiger partial charge in [-0.15, -0.1) is 0 Å². The van der Waals surface area contributed by atoms with Gasteiger partial charge in [0.25, 0.3) is 0 Å². The van der Waals surface area contributed by atoms with Crippen LogP contribution in [0.15, 0.2) is 4.47 Å². The first-order valence-corrected chi connectivity index (χ1v) is 6.64. The SMILES string of the molecule is CCCOCc1nc(Cl)c(Br)c(CCC)n1. The van der Waals surface area contributed by atoms with Crippen LogP contribution in [0.1, 0.15) is 38.2 Å². The summed E-state index contributed by atoms with van der Waals surface area (Å²) in [7, 11) is 0. The summed E-state index contributed by atoms with van der Waals surface area (Å²) in [4.78, 5) is 8.60. The molecule has 1 aromatic rings. The lowest BCUT2D eigenvalue weighted by Gasteiger charge is -2.07. The fourth-order valence-electron chi connectivity index (χ4n) is 1.29. The van der Waals surface area contributed by atoms with E-state index in [-0.39, 0.29) is 0 Å². The molecule has 0 aromatic carbocycles. The third-order valence-electron chi connectivity index (χ3n) is 1.99. The molecule has 0 radical (unpaired) electrons. The number of aryl methyl sites for hydroxylation is 1. The first-order chi connectivity index (χ1) is 7.69. The Morgan fingerprint density at radius 3 is 2.62 bits per heavy atom. The van der Waals surface area contributed by atoms with Crippen molar-refractivity contribution < 1.29 is 4.74 Å². The Kier molecular flexibility index (Phi) is 6.24. The summed E-state index contributed by atoms with van der Waals surface area (Å²) in [6.45, 7) is 5.32. The zero-order valence-corrected chi connectivity index (χ0v) is 11.9. The molecule has 0 aliphatic rings. The van der Waals surface area contributed by atoms with E-state index in [4.69, 9.17) is 16.3 Å². The summed E-state index contributed by atoms with van der Waals surface area (Å²) in [5.74, 6) is 0.658. The van der Waals surface area contributed by atoms with Gasteiger partial charge in [-0.05, 0) is 28.8 Å². The molecule has 0 saturated heterocycles. The number of halogens is 2. The first kappa shape index (κ1) is 13.9. The van der Waals surface area contributed by atoms with Gasteiger partial charge in [-0.1, -0.05) is 31.9 Å². The van der Waals surface area contributed by atoms with Crippen molar-refractivity contribution in [3.63, 3.8) is 0 Å². The van der Waals surface area contributed by atoms with E-state index in [1.807, 2.05) is 0 Å². The highest BCUT2D eigenvalue weighted by Gasteiger charge is 2.09. The van der Waals surface area contributed by atoms with Crippen LogP contribution in [0.5, 0.6) is 0 Å². The molecule has 0 saturated carbocycles. The van der Waals surface area contributed by atoms with Crippen molar-refractivity contribution in [1.29, 1.82) is 0 Å². The second kappa shape index (κ2) is 7.20. The Labute approximate surface area is 110 Å². The molecule has 90 valence electrons. The highest BCUT2D eigenvalue weighted by molar-refractivity contribution is 9.10. The van der Waals surface area contributed by atoms with Gasteiger partial charge in [0, 0.05) is 6.61 Å². The van der Waals surface area contributed by atoms with Gasteiger partial charge in [0.2, 0.25) is 0 Å². The topological polar surface area (TPSA) is 35.0 Å². The monoisotopic (exact) mass is 306 g/mol. The zero-order valence-electron chi connectivity index (χ0n) is 9.59. The third kappa shape index (κ3) is 4.00. The van der Waals surface area contributed by atoms with E-state index in [0.29, 0.717) is 17.6 Å². The van der Waals surface area contributed by atoms with E-state index >= 15 is 0 Å². The van der Waals surface area contributed by atoms with Crippen LogP contribution >= 0.6 is 27.5 Å². The average Bonchev–Trinajstić information content (AvgIpc) is 2.26. The van der Waals surface area contributed by atoms with Crippen molar-refractivity contribution in [2.24, 2.45) is 0 Å². The lowest BCUT2D eigenvalue weighted by Crippen LogP contribution is -2.04. The van der Waals surface area contributed by atoms with Gasteiger partial charge in [-0.2, -0.15) is 0 Å². The van der Waals surface area contributed by atoms with Crippen LogP contribution in [-0.4, -0.2) is 16.6 Å². The molecular formula is C11H16BrClN2O. The van der Waals surface area contributed by atoms with E-state index in [9.17, 15) is 0 Å². The highest BCUT2D eigenvalue weighted by Crippen LogP contribution is 2.24. The van der Waals surface area contributed by atoms with Gasteiger partial charge in [0.15, 0.2) is 5.82 Å². The highest BCUT2D eigenvalue weighted by atomic mass is 79.9. The predicted octanol–water partition coefficient (Wildman–Crippen LogP) is 3.77. The molecular weight excluding hydrogens is 291 g/mol. The van der Waals surface area contributed by atoms with E-state index in [1.54, 1.807) is 0 Å². The summed E-state index contributed by atoms with van der Waals surface area (Å²) in [6.07, 6.45) is 2.91. The molecule has 0 unspecified atom stereocenters. The quantitative estimate of drug-likeness (QED) is 0.593. The summed E-state index contributed by atoms with van der Waals surface area (Å²) >= 11 is 9.41. The lowest BCUT2D eigenvalue weighted by atomic mass is 10.2. The molecule has 0 amide bonds. The summed E-state index contributed by atoms with van der Waals surface area (Å²) in [5, 5.41) is 0.466. The third-order valence-corrected chi connectivity index (χ3v) is 3.33. The van der Waals surface area contributed by atoms with Crippen molar-refractivity contribution in [3.8, 4) is 0 Å². The Hall–Kier alpha value is -0.190. The molecule has 0 bridgehead atoms. The zero-order chi connectivity index (χ0) is 12.0. The Morgan fingerprint density at radius 2 is 2.00 bits per heavy atom. The molecule has 16 heavy (non-hydrogen) atoms. The molecule has 3 nitrogen and oxygen atoms in total. The van der Waals surface area contributed by atoms with Crippen LogP contribution in [0, 0.1) is 0 Å². The van der Waals surface area contributed by atoms with Crippen LogP contribution in [0.4, 0.5) is 0 Å². The molecule has 1 rings (SSSR count). The van der Waals surface area contributed by atoms with Crippen molar-refractivity contribution in [2.75, 3.05) is 6.61 Å². The minimum absolute atomic E-state index is 0.428. The fraction of sp³-hybridized carbons (Fsp3) is 0.636. The predicted molar refractivity (Wildman–Crippen MR) is 68.7 cm³/mol. The largest absolute Gasteiger partial charge is 0.373 e. The maximum atomic E-state index is 6.01. The molecule has 0 aliphatic heterocycles. The number of hydrogen-bond donors (Lipinski definition) is 0. The molecule has 1 heterocycles. The summed E-state index contributed by atoms with van der Waals surface area (Å²) in [5.41, 5.74) is 0.956. The summed E-state index contributed by atoms with van der Waals surface area (Å²) in [6, 6.07) is 0. The van der Waals surface area contributed by atoms with Crippen LogP contribution in [0.2, 0.25) is 5.15 Å². The number of hydrogen-bond acceptors (Lipinski definition) is 3. The standard InChI is InChI=1S/C11H16BrClN2O/c1-3-5-8-10(12)11(13)15-9(14-8)7-16-6-4-2/h3-7H2,1-2H3. The molecule has 0 aliphatic carbocycles. The smallest absolute Gasteiger partial charge is 0.156 e. The van der Waals surface area contributed by atoms with Crippen LogP contribution in [0.25, 0.3) is 0 Å². The van der Waals surface area contributed by atoms with E-state index < -0.39 is 0 Å². The van der Waals surface area contributed by atoms with E-state index in [2.05, 4.69) is 39.7 Å². The van der Waals surface area contributed by atoms with Crippen LogP contribution in [0.3, 0.4) is 0 Å². The van der Waals surface area contributed by atoms with Gasteiger partial charge >= 0.3 is 0 Å². The van der Waals surface area contributed by atoms with Crippen LogP contribution < -0.4 is 0 Å². The Bertz CT molecular complexity index is 347. The number of nitrogens with zero attached hydrogens (tertiary/aromatic N) is 2. The summed E-state index contributed by atoms with van der Waals surface area (Å²) < 4.78 is 6.20. The normalized spacial score (nSPS) is 10.8. The van der Waals surface area contributed by atoms with Gasteiger partial charge < -0.3 is 4.74 Å². The maximum Gasteiger partial charge on any atom is 0.156 e. The minimum atomic E-state index is 0.428. The lowest BCUT2D eigenvalue weighted by molar-refractivity contribution is 0.116. The number of aromatic nitrogens is 2. The van der Waals surface area contributed by atoms with Crippen molar-refractivity contribution in [3.05, 3.63) is 21.1 Å². The number of rotatable bonds is 6. The maximum absolute atomic E-state index is 6.01. The van der Waals surface area contributed by atoms with E-state index in [1.165, 1.54) is 0 Å². The molecule has 0 N–H and O–H groups in total. The number of ether oxygens (including phenoxy) is 1. The Balaban J connectivity index is 2.77. The molecule has 0 spiro atoms. The van der Waals surface area contributed by atoms with Crippen molar-refractivity contribution in [1.82, 2.24) is 9.97 Å². The Morgan fingerprint density at radius 1 is 1.25 bits per heavy atom. The molecule has 0 fully saturated rings. The second-order valence-corrected chi connectivity index (χ2v) is 4.64. The molecule has 1 aromatic heterocycles. The van der Waals surface area contributed by atoms with Gasteiger partial charge in [0.1, 0.15) is 11.8 Å². The van der Waals surface area contributed by atoms with E-state index in [0.717, 1.165) is 36.0 Å². The fourth-order valence-corrected chi connectivity index (χ4v) is 1.87. The first-order valence-electron chi connectivity index (χ1n) is 5.47.